The number of thiazole rings is 1. The number of nitrogens with zero attached hydrogens (tertiary/aromatic N) is 5. The molecule has 0 saturated heterocycles. The summed E-state index contributed by atoms with van der Waals surface area (Å²) in [7, 11) is 0. The fourth-order valence-corrected chi connectivity index (χ4v) is 5.46. The Hall–Kier alpha value is -3.30. The second-order valence-corrected chi connectivity index (χ2v) is 10.2. The van der Waals surface area contributed by atoms with Crippen molar-refractivity contribution in [1.82, 2.24) is 24.7 Å². The van der Waals surface area contributed by atoms with Crippen molar-refractivity contribution in [3.8, 4) is 11.3 Å². The number of thioether (sulfide) groups is 1. The Morgan fingerprint density at radius 2 is 1.82 bits per heavy atom. The number of para-hydroxylation sites is 1. The summed E-state index contributed by atoms with van der Waals surface area (Å²) in [4.78, 5) is 22.4. The van der Waals surface area contributed by atoms with Crippen LogP contribution in [0.15, 0.2) is 65.1 Å². The van der Waals surface area contributed by atoms with Gasteiger partial charge < -0.3 is 9.88 Å². The van der Waals surface area contributed by atoms with Crippen molar-refractivity contribution >= 4 is 56.2 Å². The van der Waals surface area contributed by atoms with Crippen LogP contribution in [0.3, 0.4) is 0 Å². The first-order valence-corrected chi connectivity index (χ1v) is 12.9. The molecule has 0 saturated carbocycles. The first-order valence-electron chi connectivity index (χ1n) is 11.2. The van der Waals surface area contributed by atoms with E-state index in [0.717, 1.165) is 33.3 Å². The summed E-state index contributed by atoms with van der Waals surface area (Å²) in [5.41, 5.74) is 4.52. The molecule has 0 aliphatic rings. The number of fused-ring (bicyclic) bond motifs is 3. The molecule has 0 fully saturated rings. The third kappa shape index (κ3) is 4.28. The number of nitrogens with one attached hydrogen (secondary N) is 1. The molecule has 0 aliphatic heterocycles. The van der Waals surface area contributed by atoms with Gasteiger partial charge in [0.05, 0.1) is 16.5 Å². The number of anilines is 1. The molecule has 5 rings (SSSR count). The number of aromatic nitrogens is 5. The van der Waals surface area contributed by atoms with Gasteiger partial charge in [-0.3, -0.25) is 4.79 Å². The number of hydrogen-bond donors (Lipinski definition) is 1. The Labute approximate surface area is 205 Å². The van der Waals surface area contributed by atoms with Gasteiger partial charge in [0.15, 0.2) is 10.8 Å². The molecule has 1 unspecified atom stereocenters. The lowest BCUT2D eigenvalue weighted by Gasteiger charge is -2.13. The number of rotatable bonds is 7. The lowest BCUT2D eigenvalue weighted by Crippen LogP contribution is -2.24. The van der Waals surface area contributed by atoms with Crippen LogP contribution in [0.25, 0.3) is 33.3 Å². The Morgan fingerprint density at radius 3 is 2.59 bits per heavy atom. The first kappa shape index (κ1) is 22.5. The predicted octanol–water partition coefficient (Wildman–Crippen LogP) is 6.19. The molecule has 5 aromatic rings. The molecular formula is C25H24N6OS2. The Bertz CT molecular complexity index is 1460. The van der Waals surface area contributed by atoms with E-state index in [0.29, 0.717) is 16.7 Å². The second kappa shape index (κ2) is 9.52. The van der Waals surface area contributed by atoms with Gasteiger partial charge in [-0.1, -0.05) is 67.2 Å². The third-order valence-corrected chi connectivity index (χ3v) is 7.50. The second-order valence-electron chi connectivity index (χ2n) is 8.16. The highest BCUT2D eigenvalue weighted by atomic mass is 32.2. The summed E-state index contributed by atoms with van der Waals surface area (Å²) >= 11 is 2.75. The van der Waals surface area contributed by atoms with Gasteiger partial charge in [0.1, 0.15) is 5.52 Å². The van der Waals surface area contributed by atoms with Crippen molar-refractivity contribution in [3.63, 3.8) is 0 Å². The van der Waals surface area contributed by atoms with Crippen molar-refractivity contribution in [1.29, 1.82) is 0 Å². The zero-order valence-corrected chi connectivity index (χ0v) is 20.7. The number of carbonyl (C=O) groups excluding carboxylic acids is 1. The highest BCUT2D eigenvalue weighted by Crippen LogP contribution is 2.32. The minimum Gasteiger partial charge on any atom is -0.321 e. The van der Waals surface area contributed by atoms with Gasteiger partial charge in [-0.2, -0.15) is 0 Å². The van der Waals surface area contributed by atoms with Crippen LogP contribution in [-0.2, 0) is 4.79 Å². The minimum absolute atomic E-state index is 0.116. The molecule has 0 spiro atoms. The van der Waals surface area contributed by atoms with E-state index in [4.69, 9.17) is 4.98 Å². The molecule has 7 nitrogen and oxygen atoms in total. The maximum absolute atomic E-state index is 13.0. The maximum atomic E-state index is 13.0. The van der Waals surface area contributed by atoms with Crippen LogP contribution in [0.1, 0.15) is 33.2 Å². The number of hydrogen-bond acceptors (Lipinski definition) is 7. The summed E-state index contributed by atoms with van der Waals surface area (Å²) in [5.74, 6) is -0.116. The normalized spacial score (nSPS) is 12.5. The van der Waals surface area contributed by atoms with Crippen LogP contribution in [-0.4, -0.2) is 35.9 Å². The van der Waals surface area contributed by atoms with E-state index in [1.54, 1.807) is 0 Å². The van der Waals surface area contributed by atoms with Crippen LogP contribution in [0, 0.1) is 0 Å². The Kier molecular flexibility index (Phi) is 6.30. The van der Waals surface area contributed by atoms with E-state index in [-0.39, 0.29) is 17.2 Å². The molecular weight excluding hydrogens is 464 g/mol. The highest BCUT2D eigenvalue weighted by molar-refractivity contribution is 8.00. The van der Waals surface area contributed by atoms with Crippen LogP contribution in [0.4, 0.5) is 5.13 Å². The highest BCUT2D eigenvalue weighted by Gasteiger charge is 2.23. The number of benzene rings is 2. The lowest BCUT2D eigenvalue weighted by molar-refractivity contribution is -0.115. The summed E-state index contributed by atoms with van der Waals surface area (Å²) in [6, 6.07) is 18.3. The SMILES string of the molecule is CCC(Sc1nnc2c3ccccc3n(C(C)C)c2n1)C(=O)Nc1nc(-c2ccccc2)cs1. The lowest BCUT2D eigenvalue weighted by atomic mass is 10.2. The third-order valence-electron chi connectivity index (χ3n) is 5.53. The standard InChI is InChI=1S/C25H24N6OS2/c1-4-20(23(32)28-24-26-18(14-33-24)16-10-6-5-7-11-16)34-25-27-22-21(29-30-25)17-12-8-9-13-19(17)31(22)15(2)3/h5-15,20H,4H2,1-3H3,(H,26,28,32). The zero-order valence-electron chi connectivity index (χ0n) is 19.1. The van der Waals surface area contributed by atoms with Crippen molar-refractivity contribution < 1.29 is 4.79 Å². The summed E-state index contributed by atoms with van der Waals surface area (Å²) in [5, 5.41) is 15.5. The van der Waals surface area contributed by atoms with Crippen LogP contribution in [0.5, 0.6) is 0 Å². The van der Waals surface area contributed by atoms with Gasteiger partial charge in [-0.25, -0.2) is 9.97 Å². The summed E-state index contributed by atoms with van der Waals surface area (Å²) in [6.07, 6.45) is 0.627. The quantitative estimate of drug-likeness (QED) is 0.275. The van der Waals surface area contributed by atoms with E-state index >= 15 is 0 Å². The van der Waals surface area contributed by atoms with Crippen LogP contribution < -0.4 is 5.32 Å². The van der Waals surface area contributed by atoms with E-state index in [1.165, 1.54) is 23.1 Å². The van der Waals surface area contributed by atoms with Crippen molar-refractivity contribution in [2.45, 2.75) is 43.6 Å². The van der Waals surface area contributed by atoms with Crippen LogP contribution >= 0.6 is 23.1 Å². The fourth-order valence-electron chi connectivity index (χ4n) is 3.92. The predicted molar refractivity (Wildman–Crippen MR) is 139 cm³/mol. The molecule has 0 bridgehead atoms. The van der Waals surface area contributed by atoms with E-state index in [1.807, 2.05) is 60.8 Å². The van der Waals surface area contributed by atoms with E-state index in [9.17, 15) is 4.79 Å². The zero-order chi connectivity index (χ0) is 23.7. The van der Waals surface area contributed by atoms with Crippen molar-refractivity contribution in [3.05, 3.63) is 60.0 Å². The van der Waals surface area contributed by atoms with E-state index in [2.05, 4.69) is 45.0 Å². The number of carbonyl (C=O) groups is 1. The maximum Gasteiger partial charge on any atom is 0.239 e. The molecule has 3 heterocycles. The van der Waals surface area contributed by atoms with Gasteiger partial charge in [0.25, 0.3) is 0 Å². The molecule has 0 aliphatic carbocycles. The summed E-state index contributed by atoms with van der Waals surface area (Å²) in [6.45, 7) is 6.23. The van der Waals surface area contributed by atoms with Gasteiger partial charge in [0.2, 0.25) is 11.1 Å². The molecule has 1 N–H and O–H groups in total. The average molecular weight is 489 g/mol. The van der Waals surface area contributed by atoms with Crippen molar-refractivity contribution in [2.24, 2.45) is 0 Å². The molecule has 172 valence electrons. The van der Waals surface area contributed by atoms with Gasteiger partial charge in [-0.15, -0.1) is 21.5 Å². The van der Waals surface area contributed by atoms with Gasteiger partial charge >= 0.3 is 0 Å². The molecule has 0 radical (unpaired) electrons. The van der Waals surface area contributed by atoms with Crippen LogP contribution in [0.2, 0.25) is 0 Å². The monoisotopic (exact) mass is 488 g/mol. The Morgan fingerprint density at radius 1 is 1.06 bits per heavy atom. The topological polar surface area (TPSA) is 85.6 Å². The Balaban J connectivity index is 1.38. The van der Waals surface area contributed by atoms with Gasteiger partial charge in [-0.05, 0) is 26.3 Å². The first-order chi connectivity index (χ1) is 16.5. The average Bonchev–Trinajstić information content (AvgIpc) is 3.45. The largest absolute Gasteiger partial charge is 0.321 e. The van der Waals surface area contributed by atoms with E-state index < -0.39 is 0 Å². The summed E-state index contributed by atoms with van der Waals surface area (Å²) < 4.78 is 2.17. The minimum atomic E-state index is -0.361. The molecule has 2 aromatic carbocycles. The smallest absolute Gasteiger partial charge is 0.239 e. The molecule has 3 aromatic heterocycles. The fraction of sp³-hybridized carbons (Fsp3) is 0.240. The molecule has 1 atom stereocenters. The van der Waals surface area contributed by atoms with Crippen molar-refractivity contribution in [2.75, 3.05) is 5.32 Å². The molecule has 34 heavy (non-hydrogen) atoms. The molecule has 1 amide bonds. The molecule has 9 heteroatoms. The number of amides is 1. The van der Waals surface area contributed by atoms with Gasteiger partial charge in [0, 0.05) is 22.4 Å².